The molecule has 6 rings (SSSR count). The second-order valence-corrected chi connectivity index (χ2v) is 12.2. The van der Waals surface area contributed by atoms with Crippen molar-refractivity contribution in [3.63, 3.8) is 0 Å². The van der Waals surface area contributed by atoms with E-state index in [4.69, 9.17) is 9.47 Å². The van der Waals surface area contributed by atoms with Crippen LogP contribution >= 0.6 is 11.8 Å². The van der Waals surface area contributed by atoms with Crippen molar-refractivity contribution < 1.29 is 40.6 Å². The number of thioether (sulfide) groups is 1. The summed E-state index contributed by atoms with van der Waals surface area (Å²) in [5.41, 5.74) is 0.249. The Morgan fingerprint density at radius 2 is 1.60 bits per heavy atom. The normalized spacial score (nSPS) is 16.5. The summed E-state index contributed by atoms with van der Waals surface area (Å²) in [5, 5.41) is 1.69. The lowest BCUT2D eigenvalue weighted by molar-refractivity contribution is -0.143. The number of para-hydroxylation sites is 1. The molecule has 3 heterocycles. The molecule has 250 valence electrons. The Morgan fingerprint density at radius 1 is 0.875 bits per heavy atom. The van der Waals surface area contributed by atoms with E-state index in [0.29, 0.717) is 34.8 Å². The number of aliphatic imine (C=N–C) groups is 1. The topological polar surface area (TPSA) is 67.3 Å². The van der Waals surface area contributed by atoms with E-state index in [-0.39, 0.29) is 17.6 Å². The quantitative estimate of drug-likeness (QED) is 0.151. The summed E-state index contributed by atoms with van der Waals surface area (Å²) in [6, 6.07) is 16.1. The van der Waals surface area contributed by atoms with Gasteiger partial charge in [-0.15, -0.1) is 0 Å². The molecule has 1 fully saturated rings. The van der Waals surface area contributed by atoms with E-state index in [1.54, 1.807) is 18.2 Å². The standard InChI is InChI=1S/C34H28F6N4O3S/c1-20-15-27(24-5-3-4-6-26(24)41-20)43-11-13-44(14-12-43)32-42-31(45)30(48-32)17-21-7-10-28(29(16-21)46-2)47-19-22-8-9-23(33(35,36)37)18-25(22)34(38,39)40/h3-10,15-18H,11-14,19H2,1-2H3/b30-17-. The fourth-order valence-electron chi connectivity index (χ4n) is 5.56. The molecule has 0 radical (unpaired) electrons. The van der Waals surface area contributed by atoms with E-state index in [9.17, 15) is 31.1 Å². The Labute approximate surface area is 275 Å². The van der Waals surface area contributed by atoms with Crippen molar-refractivity contribution in [2.45, 2.75) is 25.9 Å². The van der Waals surface area contributed by atoms with Crippen molar-refractivity contribution >= 4 is 45.5 Å². The van der Waals surface area contributed by atoms with E-state index in [0.717, 1.165) is 41.4 Å². The molecule has 1 saturated heterocycles. The van der Waals surface area contributed by atoms with Gasteiger partial charge < -0.3 is 19.3 Å². The van der Waals surface area contributed by atoms with Crippen LogP contribution in [0.2, 0.25) is 0 Å². The van der Waals surface area contributed by atoms with Crippen molar-refractivity contribution in [2.24, 2.45) is 4.99 Å². The summed E-state index contributed by atoms with van der Waals surface area (Å²) < 4.78 is 90.7. The Hall–Kier alpha value is -4.72. The number of piperazine rings is 1. The van der Waals surface area contributed by atoms with Gasteiger partial charge in [-0.1, -0.05) is 30.3 Å². The molecule has 48 heavy (non-hydrogen) atoms. The van der Waals surface area contributed by atoms with Gasteiger partial charge in [0, 0.05) is 48.5 Å². The third-order valence-electron chi connectivity index (χ3n) is 7.93. The van der Waals surface area contributed by atoms with Gasteiger partial charge in [0.1, 0.15) is 6.61 Å². The molecule has 4 aromatic rings. The van der Waals surface area contributed by atoms with E-state index in [2.05, 4.69) is 31.9 Å². The van der Waals surface area contributed by atoms with Crippen LogP contribution in [0.5, 0.6) is 11.5 Å². The van der Waals surface area contributed by atoms with Gasteiger partial charge in [-0.3, -0.25) is 9.78 Å². The Bertz CT molecular complexity index is 1930. The third kappa shape index (κ3) is 7.08. The zero-order valence-corrected chi connectivity index (χ0v) is 26.5. The monoisotopic (exact) mass is 686 g/mol. The number of anilines is 1. The maximum absolute atomic E-state index is 13.6. The largest absolute Gasteiger partial charge is 0.493 e. The van der Waals surface area contributed by atoms with Gasteiger partial charge in [0.05, 0.1) is 28.7 Å². The number of methoxy groups -OCH3 is 1. The second-order valence-electron chi connectivity index (χ2n) is 11.2. The number of amidine groups is 1. The number of amides is 1. The summed E-state index contributed by atoms with van der Waals surface area (Å²) in [6.45, 7) is 4.11. The average molecular weight is 687 g/mol. The van der Waals surface area contributed by atoms with E-state index in [1.165, 1.54) is 24.9 Å². The number of hydrogen-bond donors (Lipinski definition) is 0. The minimum Gasteiger partial charge on any atom is -0.493 e. The minimum atomic E-state index is -5.02. The number of rotatable bonds is 6. The third-order valence-corrected chi connectivity index (χ3v) is 8.98. The zero-order chi connectivity index (χ0) is 34.2. The molecule has 0 spiro atoms. The number of pyridine rings is 1. The minimum absolute atomic E-state index is 0.0708. The molecule has 0 N–H and O–H groups in total. The van der Waals surface area contributed by atoms with Crippen molar-refractivity contribution in [3.8, 4) is 11.5 Å². The lowest BCUT2D eigenvalue weighted by Gasteiger charge is -2.37. The molecule has 14 heteroatoms. The number of carbonyl (C=O) groups is 1. The van der Waals surface area contributed by atoms with Crippen LogP contribution in [-0.2, 0) is 23.8 Å². The number of alkyl halides is 6. The SMILES string of the molecule is COc1cc(/C=C2\SC(N3CCN(c4cc(C)nc5ccccc45)CC3)=NC2=O)ccc1OCc1ccc(C(F)(F)F)cc1C(F)(F)F. The maximum Gasteiger partial charge on any atom is 0.416 e. The summed E-state index contributed by atoms with van der Waals surface area (Å²) >= 11 is 1.25. The number of hydrogen-bond acceptors (Lipinski definition) is 7. The number of carbonyl (C=O) groups excluding carboxylic acids is 1. The van der Waals surface area contributed by atoms with E-state index < -0.39 is 41.6 Å². The highest BCUT2D eigenvalue weighted by molar-refractivity contribution is 8.18. The molecule has 1 aromatic heterocycles. The van der Waals surface area contributed by atoms with Crippen LogP contribution in [0.4, 0.5) is 32.0 Å². The summed E-state index contributed by atoms with van der Waals surface area (Å²) in [7, 11) is 1.34. The van der Waals surface area contributed by atoms with Crippen LogP contribution in [0.3, 0.4) is 0 Å². The molecule has 7 nitrogen and oxygen atoms in total. The first-order valence-corrected chi connectivity index (χ1v) is 15.6. The van der Waals surface area contributed by atoms with Crippen LogP contribution in [0.25, 0.3) is 17.0 Å². The van der Waals surface area contributed by atoms with Gasteiger partial charge in [-0.2, -0.15) is 31.3 Å². The van der Waals surface area contributed by atoms with Gasteiger partial charge in [-0.25, -0.2) is 0 Å². The molecule has 1 amide bonds. The molecule has 0 bridgehead atoms. The number of aryl methyl sites for hydroxylation is 1. The van der Waals surface area contributed by atoms with Crippen LogP contribution in [0, 0.1) is 6.92 Å². The van der Waals surface area contributed by atoms with Crippen molar-refractivity contribution in [3.05, 3.63) is 99.6 Å². The van der Waals surface area contributed by atoms with Crippen LogP contribution in [0.15, 0.2) is 76.6 Å². The predicted octanol–water partition coefficient (Wildman–Crippen LogP) is 7.96. The maximum atomic E-state index is 13.6. The van der Waals surface area contributed by atoms with Gasteiger partial charge in [0.25, 0.3) is 5.91 Å². The first-order chi connectivity index (χ1) is 22.8. The van der Waals surface area contributed by atoms with E-state index >= 15 is 0 Å². The van der Waals surface area contributed by atoms with Gasteiger partial charge >= 0.3 is 12.4 Å². The van der Waals surface area contributed by atoms with E-state index in [1.807, 2.05) is 25.1 Å². The van der Waals surface area contributed by atoms with Crippen molar-refractivity contribution in [1.82, 2.24) is 9.88 Å². The molecular weight excluding hydrogens is 658 g/mol. The average Bonchev–Trinajstić information content (AvgIpc) is 3.42. The number of benzene rings is 3. The highest BCUT2D eigenvalue weighted by atomic mass is 32.2. The molecule has 0 aliphatic carbocycles. The van der Waals surface area contributed by atoms with Crippen molar-refractivity contribution in [2.75, 3.05) is 38.2 Å². The lowest BCUT2D eigenvalue weighted by Crippen LogP contribution is -2.48. The smallest absolute Gasteiger partial charge is 0.416 e. The number of aromatic nitrogens is 1. The molecule has 2 aliphatic heterocycles. The zero-order valence-electron chi connectivity index (χ0n) is 25.7. The first kappa shape index (κ1) is 33.2. The number of ether oxygens (including phenoxy) is 2. The Morgan fingerprint density at radius 3 is 2.31 bits per heavy atom. The van der Waals surface area contributed by atoms with Crippen LogP contribution < -0.4 is 14.4 Å². The lowest BCUT2D eigenvalue weighted by atomic mass is 10.0. The molecule has 2 aliphatic rings. The van der Waals surface area contributed by atoms with Gasteiger partial charge in [-0.05, 0) is 66.7 Å². The predicted molar refractivity (Wildman–Crippen MR) is 172 cm³/mol. The molecule has 0 atom stereocenters. The second kappa shape index (κ2) is 13.1. The van der Waals surface area contributed by atoms with Crippen LogP contribution in [0.1, 0.15) is 27.9 Å². The highest BCUT2D eigenvalue weighted by Crippen LogP contribution is 2.39. The fraction of sp³-hybridized carbons (Fsp3) is 0.265. The van der Waals surface area contributed by atoms with Crippen molar-refractivity contribution in [1.29, 1.82) is 0 Å². The highest BCUT2D eigenvalue weighted by Gasteiger charge is 2.38. The first-order valence-electron chi connectivity index (χ1n) is 14.8. The van der Waals surface area contributed by atoms with Gasteiger partial charge in [0.15, 0.2) is 16.7 Å². The van der Waals surface area contributed by atoms with Gasteiger partial charge in [0.2, 0.25) is 0 Å². The number of halogens is 6. The van der Waals surface area contributed by atoms with Crippen LogP contribution in [-0.4, -0.2) is 54.2 Å². The molecule has 3 aromatic carbocycles. The summed E-state index contributed by atoms with van der Waals surface area (Å²) in [4.78, 5) is 26.5. The Balaban J connectivity index is 1.11. The molecule has 0 unspecified atom stereocenters. The Kier molecular flexibility index (Phi) is 9.03. The summed E-state index contributed by atoms with van der Waals surface area (Å²) in [6.07, 6.45) is -8.31. The molecular formula is C34H28F6N4O3S. The fourth-order valence-corrected chi connectivity index (χ4v) is 6.53. The summed E-state index contributed by atoms with van der Waals surface area (Å²) in [5.74, 6) is -0.157. The molecule has 0 saturated carbocycles. The number of fused-ring (bicyclic) bond motifs is 1. The number of nitrogens with zero attached hydrogens (tertiary/aromatic N) is 4.